The van der Waals surface area contributed by atoms with Gasteiger partial charge in [-0.1, -0.05) is 6.92 Å². The Morgan fingerprint density at radius 2 is 2.10 bits per heavy atom. The highest BCUT2D eigenvalue weighted by Gasteiger charge is 2.17. The molecular weight excluding hydrogens is 323 g/mol. The van der Waals surface area contributed by atoms with Crippen LogP contribution in [0, 0.1) is 12.7 Å². The van der Waals surface area contributed by atoms with Crippen LogP contribution in [0.2, 0.25) is 0 Å². The van der Waals surface area contributed by atoms with Crippen molar-refractivity contribution in [2.45, 2.75) is 26.7 Å². The fraction of sp³-hybridized carbons (Fsp3) is 0.333. The molecule has 0 aliphatic rings. The van der Waals surface area contributed by atoms with Crippen molar-refractivity contribution < 1.29 is 9.18 Å². The lowest BCUT2D eigenvalue weighted by Crippen LogP contribution is -2.09. The molecule has 0 amide bonds. The van der Waals surface area contributed by atoms with E-state index >= 15 is 0 Å². The fourth-order valence-corrected chi connectivity index (χ4v) is 2.92. The third-order valence-corrected chi connectivity index (χ3v) is 4.11. The number of aryl methyl sites for hydroxylation is 3. The molecule has 0 bridgehead atoms. The summed E-state index contributed by atoms with van der Waals surface area (Å²) in [6.07, 6.45) is 0.995. The highest BCUT2D eigenvalue weighted by atomic mass is 79.9. The van der Waals surface area contributed by atoms with E-state index in [0.29, 0.717) is 5.56 Å². The molecule has 0 atom stereocenters. The van der Waals surface area contributed by atoms with Crippen molar-refractivity contribution in [1.29, 1.82) is 0 Å². The molecule has 20 heavy (non-hydrogen) atoms. The normalized spacial score (nSPS) is 10.8. The maximum absolute atomic E-state index is 13.4. The molecule has 0 saturated heterocycles. The molecule has 2 aromatic rings. The summed E-state index contributed by atoms with van der Waals surface area (Å²) in [5.41, 5.74) is 2.87. The number of hydrogen-bond acceptors (Lipinski definition) is 2. The van der Waals surface area contributed by atoms with Gasteiger partial charge in [0.15, 0.2) is 5.78 Å². The number of carbonyl (C=O) groups excluding carboxylic acids is 1. The van der Waals surface area contributed by atoms with Crippen LogP contribution in [0.15, 0.2) is 22.7 Å². The van der Waals surface area contributed by atoms with Gasteiger partial charge in [-0.25, -0.2) is 4.39 Å². The number of aromatic nitrogens is 2. The van der Waals surface area contributed by atoms with E-state index in [9.17, 15) is 9.18 Å². The smallest absolute Gasteiger partial charge is 0.168 e. The standard InChI is InChI=1S/C15H16BrFN2O/c1-4-12-15(16)13(19(3)18-12)8-14(20)10-5-9(2)6-11(17)7-10/h5-7H,4,8H2,1-3H3. The zero-order valence-corrected chi connectivity index (χ0v) is 13.3. The first-order valence-corrected chi connectivity index (χ1v) is 7.22. The topological polar surface area (TPSA) is 34.9 Å². The highest BCUT2D eigenvalue weighted by molar-refractivity contribution is 9.10. The SMILES string of the molecule is CCc1nn(C)c(CC(=O)c2cc(C)cc(F)c2)c1Br. The first-order valence-electron chi connectivity index (χ1n) is 6.43. The van der Waals surface area contributed by atoms with Crippen LogP contribution in [0.4, 0.5) is 4.39 Å². The van der Waals surface area contributed by atoms with E-state index in [1.165, 1.54) is 12.1 Å². The predicted molar refractivity (Wildman–Crippen MR) is 79.5 cm³/mol. The van der Waals surface area contributed by atoms with Crippen molar-refractivity contribution in [1.82, 2.24) is 9.78 Å². The second kappa shape index (κ2) is 5.87. The molecule has 0 fully saturated rings. The quantitative estimate of drug-likeness (QED) is 0.798. The number of nitrogens with zero attached hydrogens (tertiary/aromatic N) is 2. The van der Waals surface area contributed by atoms with Crippen LogP contribution in [0.5, 0.6) is 0 Å². The molecule has 2 rings (SSSR count). The molecule has 3 nitrogen and oxygen atoms in total. The molecule has 0 N–H and O–H groups in total. The average Bonchev–Trinajstić information content (AvgIpc) is 2.65. The molecule has 106 valence electrons. The van der Waals surface area contributed by atoms with Gasteiger partial charge in [0, 0.05) is 12.6 Å². The fourth-order valence-electron chi connectivity index (χ4n) is 2.16. The summed E-state index contributed by atoms with van der Waals surface area (Å²) in [6, 6.07) is 4.39. The Morgan fingerprint density at radius 3 is 2.65 bits per heavy atom. The van der Waals surface area contributed by atoms with Gasteiger partial charge in [0.2, 0.25) is 0 Å². The van der Waals surface area contributed by atoms with Crippen molar-refractivity contribution in [3.63, 3.8) is 0 Å². The first-order chi connectivity index (χ1) is 9.42. The van der Waals surface area contributed by atoms with Crippen molar-refractivity contribution in [3.8, 4) is 0 Å². The van der Waals surface area contributed by atoms with Gasteiger partial charge in [-0.15, -0.1) is 0 Å². The van der Waals surface area contributed by atoms with Gasteiger partial charge in [-0.2, -0.15) is 5.10 Å². The second-order valence-corrected chi connectivity index (χ2v) is 5.59. The summed E-state index contributed by atoms with van der Waals surface area (Å²) in [4.78, 5) is 12.3. The van der Waals surface area contributed by atoms with Crippen LogP contribution in [-0.4, -0.2) is 15.6 Å². The Bertz CT molecular complexity index is 644. The van der Waals surface area contributed by atoms with Crippen LogP contribution < -0.4 is 0 Å². The van der Waals surface area contributed by atoms with E-state index in [0.717, 1.165) is 27.8 Å². The lowest BCUT2D eigenvalue weighted by Gasteiger charge is -2.04. The van der Waals surface area contributed by atoms with Crippen LogP contribution in [0.3, 0.4) is 0 Å². The summed E-state index contributed by atoms with van der Waals surface area (Å²) in [5.74, 6) is -0.495. The van der Waals surface area contributed by atoms with Crippen molar-refractivity contribution in [2.75, 3.05) is 0 Å². The van der Waals surface area contributed by atoms with Crippen molar-refractivity contribution in [3.05, 3.63) is 51.0 Å². The van der Waals surface area contributed by atoms with Gasteiger partial charge in [0.05, 0.1) is 22.3 Å². The minimum Gasteiger partial charge on any atom is -0.294 e. The number of rotatable bonds is 4. The minimum absolute atomic E-state index is 0.112. The Morgan fingerprint density at radius 1 is 1.40 bits per heavy atom. The lowest BCUT2D eigenvalue weighted by atomic mass is 10.0. The average molecular weight is 339 g/mol. The summed E-state index contributed by atoms with van der Waals surface area (Å²) in [6.45, 7) is 3.78. The van der Waals surface area contributed by atoms with Gasteiger partial charge in [0.1, 0.15) is 5.82 Å². The Hall–Kier alpha value is -1.49. The maximum atomic E-state index is 13.4. The van der Waals surface area contributed by atoms with Crippen LogP contribution in [0.1, 0.15) is 34.2 Å². The summed E-state index contributed by atoms with van der Waals surface area (Å²) in [7, 11) is 1.81. The van der Waals surface area contributed by atoms with Crippen LogP contribution in [-0.2, 0) is 19.9 Å². The van der Waals surface area contributed by atoms with E-state index in [1.807, 2.05) is 14.0 Å². The molecule has 1 aromatic carbocycles. The number of Topliss-reactive ketones (excluding diaryl/α,β-unsaturated/α-hetero) is 1. The van der Waals surface area contributed by atoms with E-state index < -0.39 is 0 Å². The van der Waals surface area contributed by atoms with E-state index in [4.69, 9.17) is 0 Å². The summed E-state index contributed by atoms with van der Waals surface area (Å²) < 4.78 is 15.9. The minimum atomic E-state index is -0.383. The number of benzene rings is 1. The van der Waals surface area contributed by atoms with Gasteiger partial charge in [0.25, 0.3) is 0 Å². The number of carbonyl (C=O) groups is 1. The third-order valence-electron chi connectivity index (χ3n) is 3.20. The third kappa shape index (κ3) is 2.98. The predicted octanol–water partition coefficient (Wildman–Crippen LogP) is 3.62. The second-order valence-electron chi connectivity index (χ2n) is 4.80. The molecular formula is C15H16BrFN2O. The molecule has 0 aliphatic heterocycles. The van der Waals surface area contributed by atoms with Crippen LogP contribution in [0.25, 0.3) is 0 Å². The zero-order valence-electron chi connectivity index (χ0n) is 11.7. The largest absolute Gasteiger partial charge is 0.294 e. The number of ketones is 1. The van der Waals surface area contributed by atoms with E-state index in [1.54, 1.807) is 17.7 Å². The van der Waals surface area contributed by atoms with Crippen molar-refractivity contribution in [2.24, 2.45) is 7.05 Å². The highest BCUT2D eigenvalue weighted by Crippen LogP contribution is 2.23. The Labute approximate surface area is 125 Å². The van der Waals surface area contributed by atoms with E-state index in [-0.39, 0.29) is 18.0 Å². The maximum Gasteiger partial charge on any atom is 0.168 e. The molecule has 1 heterocycles. The van der Waals surface area contributed by atoms with E-state index in [2.05, 4.69) is 21.0 Å². The summed E-state index contributed by atoms with van der Waals surface area (Å²) in [5, 5.41) is 4.35. The monoisotopic (exact) mass is 338 g/mol. The zero-order chi connectivity index (χ0) is 14.9. The van der Waals surface area contributed by atoms with Gasteiger partial charge < -0.3 is 0 Å². The lowest BCUT2D eigenvalue weighted by molar-refractivity contribution is 0.0990. The molecule has 0 spiro atoms. The Balaban J connectivity index is 2.30. The van der Waals surface area contributed by atoms with Gasteiger partial charge in [-0.05, 0) is 53.0 Å². The molecule has 1 aromatic heterocycles. The molecule has 5 heteroatoms. The summed E-state index contributed by atoms with van der Waals surface area (Å²) >= 11 is 3.48. The molecule has 0 aliphatic carbocycles. The molecule has 0 saturated carbocycles. The van der Waals surface area contributed by atoms with Crippen LogP contribution >= 0.6 is 15.9 Å². The van der Waals surface area contributed by atoms with Gasteiger partial charge >= 0.3 is 0 Å². The van der Waals surface area contributed by atoms with Gasteiger partial charge in [-0.3, -0.25) is 9.48 Å². The Kier molecular flexibility index (Phi) is 4.38. The first kappa shape index (κ1) is 14.9. The molecule has 0 unspecified atom stereocenters. The van der Waals surface area contributed by atoms with Crippen molar-refractivity contribution >= 4 is 21.7 Å². The molecule has 0 radical (unpaired) electrons. The number of hydrogen-bond donors (Lipinski definition) is 0. The number of halogens is 2.